The molecule has 5 aromatic rings. The van der Waals surface area contributed by atoms with Crippen LogP contribution in [0.25, 0.3) is 22.0 Å². The Morgan fingerprint density at radius 1 is 1.07 bits per heavy atom. The molecule has 1 fully saturated rings. The first-order valence-electron chi connectivity index (χ1n) is 17.2. The van der Waals surface area contributed by atoms with E-state index in [-0.39, 0.29) is 61.8 Å². The molecule has 306 valence electrons. The van der Waals surface area contributed by atoms with Crippen LogP contribution in [0.3, 0.4) is 0 Å². The van der Waals surface area contributed by atoms with Gasteiger partial charge < -0.3 is 10.4 Å². The van der Waals surface area contributed by atoms with Gasteiger partial charge in [-0.1, -0.05) is 23.6 Å². The number of fused-ring (bicyclic) bond motifs is 4. The van der Waals surface area contributed by atoms with E-state index in [1.807, 2.05) is 5.92 Å². The third kappa shape index (κ3) is 7.69. The topological polar surface area (TPSA) is 144 Å². The van der Waals surface area contributed by atoms with Crippen molar-refractivity contribution in [1.82, 2.24) is 29.9 Å². The maximum atomic E-state index is 15.4. The van der Waals surface area contributed by atoms with E-state index in [0.717, 1.165) is 25.3 Å². The summed E-state index contributed by atoms with van der Waals surface area (Å²) < 4.78 is 143. The van der Waals surface area contributed by atoms with Gasteiger partial charge in [0.1, 0.15) is 35.3 Å². The maximum Gasteiger partial charge on any atom is 0.293 e. The minimum absolute atomic E-state index is 0.0231. The Bertz CT molecular complexity index is 2660. The van der Waals surface area contributed by atoms with Crippen LogP contribution in [0.4, 0.5) is 40.9 Å². The molecule has 4 atom stereocenters. The molecule has 58 heavy (non-hydrogen) atoms. The molecule has 7 rings (SSSR count). The van der Waals surface area contributed by atoms with Gasteiger partial charge in [0.25, 0.3) is 18.8 Å². The van der Waals surface area contributed by atoms with Gasteiger partial charge >= 0.3 is 0 Å². The van der Waals surface area contributed by atoms with Crippen LogP contribution >= 0.6 is 11.6 Å². The van der Waals surface area contributed by atoms with Gasteiger partial charge in [-0.05, 0) is 67.5 Å². The van der Waals surface area contributed by atoms with Crippen molar-refractivity contribution in [2.45, 2.75) is 62.6 Å². The van der Waals surface area contributed by atoms with Crippen LogP contribution in [0.15, 0.2) is 42.5 Å². The number of halogens is 9. The zero-order valence-corrected chi connectivity index (χ0v) is 31.8. The number of hydrogen-bond donors (Lipinski definition) is 3. The summed E-state index contributed by atoms with van der Waals surface area (Å²) in [5, 5.41) is 20.8. The number of nitrogens with one attached hydrogen (secondary N) is 2. The molecule has 1 amide bonds. The van der Waals surface area contributed by atoms with Gasteiger partial charge in [0.15, 0.2) is 11.4 Å². The number of carbonyl (C=O) groups is 1. The summed E-state index contributed by atoms with van der Waals surface area (Å²) in [6.45, 7) is -0.244. The molecule has 0 spiro atoms. The van der Waals surface area contributed by atoms with Crippen LogP contribution in [-0.2, 0) is 40.8 Å². The number of aromatic nitrogens is 5. The number of nitrogens with zero attached hydrogens (tertiary/aromatic N) is 5. The molecule has 2 aromatic carbocycles. The predicted molar refractivity (Wildman–Crippen MR) is 194 cm³/mol. The molecule has 2 aliphatic rings. The summed E-state index contributed by atoms with van der Waals surface area (Å²) in [6, 6.07) is 6.53. The monoisotopic (exact) mass is 855 g/mol. The maximum absolute atomic E-state index is 15.4. The molecule has 0 bridgehead atoms. The second kappa shape index (κ2) is 14.5. The molecule has 21 heteroatoms. The largest absolute Gasteiger partial charge is 0.372 e. The van der Waals surface area contributed by atoms with Gasteiger partial charge in [-0.15, -0.1) is 0 Å². The van der Waals surface area contributed by atoms with Crippen molar-refractivity contribution in [3.63, 3.8) is 0 Å². The molecule has 11 nitrogen and oxygen atoms in total. The van der Waals surface area contributed by atoms with Crippen molar-refractivity contribution in [2.24, 2.45) is 13.0 Å². The lowest BCUT2D eigenvalue weighted by molar-refractivity contribution is -0.123. The van der Waals surface area contributed by atoms with E-state index in [4.69, 9.17) is 11.6 Å². The molecule has 1 saturated carbocycles. The van der Waals surface area contributed by atoms with Gasteiger partial charge in [0.2, 0.25) is 15.9 Å². The van der Waals surface area contributed by atoms with Crippen molar-refractivity contribution in [1.29, 1.82) is 0 Å². The number of aryl methyl sites for hydroxylation is 1. The fraction of sp³-hybridized carbons (Fsp3) is 0.351. The first kappa shape index (κ1) is 40.9. The van der Waals surface area contributed by atoms with Crippen LogP contribution in [0.2, 0.25) is 5.02 Å². The minimum Gasteiger partial charge on any atom is -0.372 e. The number of rotatable bonds is 11. The molecule has 3 aromatic heterocycles. The predicted octanol–water partition coefficient (Wildman–Crippen LogP) is 6.75. The van der Waals surface area contributed by atoms with Crippen molar-refractivity contribution in [3.05, 3.63) is 93.0 Å². The van der Waals surface area contributed by atoms with Crippen LogP contribution in [-0.4, -0.2) is 62.3 Å². The van der Waals surface area contributed by atoms with Crippen LogP contribution in [0.1, 0.15) is 65.6 Å². The van der Waals surface area contributed by atoms with Gasteiger partial charge in [-0.2, -0.15) is 19.0 Å². The number of sulfonamides is 1. The van der Waals surface area contributed by atoms with Crippen molar-refractivity contribution in [3.8, 4) is 23.0 Å². The van der Waals surface area contributed by atoms with Gasteiger partial charge in [-0.3, -0.25) is 18.9 Å². The highest BCUT2D eigenvalue weighted by molar-refractivity contribution is 7.92. The minimum atomic E-state index is -3.89. The van der Waals surface area contributed by atoms with E-state index in [2.05, 4.69) is 31.1 Å². The van der Waals surface area contributed by atoms with Gasteiger partial charge in [0, 0.05) is 35.7 Å². The van der Waals surface area contributed by atoms with Gasteiger partial charge in [-0.25, -0.2) is 39.7 Å². The molecular weight excluding hydrogens is 826 g/mol. The highest BCUT2D eigenvalue weighted by Crippen LogP contribution is 2.68. The second-order valence-electron chi connectivity index (χ2n) is 14.3. The Morgan fingerprint density at radius 3 is 2.38 bits per heavy atom. The Balaban J connectivity index is 1.40. The highest BCUT2D eigenvalue weighted by atomic mass is 35.5. The number of hydrogen-bond acceptors (Lipinski definition) is 7. The van der Waals surface area contributed by atoms with E-state index >= 15 is 8.78 Å². The number of benzene rings is 2. The summed E-state index contributed by atoms with van der Waals surface area (Å²) in [6.07, 6.45) is -6.12. The van der Waals surface area contributed by atoms with Crippen LogP contribution in [0, 0.1) is 29.4 Å². The normalized spacial score (nSPS) is 18.4. The van der Waals surface area contributed by atoms with E-state index in [1.54, 1.807) is 0 Å². The highest BCUT2D eigenvalue weighted by Gasteiger charge is 2.67. The third-order valence-corrected chi connectivity index (χ3v) is 10.7. The number of aliphatic hydroxyl groups is 1. The zero-order chi connectivity index (χ0) is 42.2. The molecule has 3 N–H and O–H groups in total. The molecule has 2 aliphatic carbocycles. The number of carbonyl (C=O) groups excluding carboxylic acids is 1. The lowest BCUT2D eigenvalue weighted by atomic mass is 9.93. The summed E-state index contributed by atoms with van der Waals surface area (Å²) in [7, 11) is -2.43. The molecule has 3 heterocycles. The SMILES string of the molecule is Cn1nc(NS(C)(=O)=O)c2c(Cl)ccc(-c3ccc(C#CC(C)(O)C(F)F)nc3[C@H](Cc3cc(F)cc(F)c3)NC(=O)Cn3nc(C(F)F)c4c3C(F)(F)C3C[C@H]43)c21. The van der Waals surface area contributed by atoms with E-state index in [1.165, 1.54) is 36.0 Å². The van der Waals surface area contributed by atoms with E-state index in [9.17, 15) is 44.7 Å². The Kier molecular flexibility index (Phi) is 10.3. The van der Waals surface area contributed by atoms with Crippen molar-refractivity contribution < 1.29 is 53.4 Å². The van der Waals surface area contributed by atoms with Gasteiger partial charge in [0.05, 0.1) is 33.9 Å². The standard InChI is InChI=1S/C37H30ClF8N7O4S/c1-36(55,35(43)44)9-8-19-4-5-20(21-6-7-24(38)28-31(21)52(2)50-34(28)51-58(3,56)57)29(47-19)25(12-16-10-17(39)13-18(40)11-16)48-26(54)15-53-32-27(30(49-53)33(41)42)22-14-23(22)37(32,45)46/h4-7,10-11,13,22-23,25,33,35,55H,12,14-15H2,1-3H3,(H,48,54)(H,50,51)/t22-,23?,25-,36?/m0/s1. The Morgan fingerprint density at radius 2 is 1.74 bits per heavy atom. The fourth-order valence-corrected chi connectivity index (χ4v) is 8.00. The second-order valence-corrected chi connectivity index (χ2v) is 16.4. The van der Waals surface area contributed by atoms with Crippen molar-refractivity contribution in [2.75, 3.05) is 11.0 Å². The molecule has 0 aliphatic heterocycles. The third-order valence-electron chi connectivity index (χ3n) is 9.79. The zero-order valence-electron chi connectivity index (χ0n) is 30.3. The first-order valence-corrected chi connectivity index (χ1v) is 19.5. The van der Waals surface area contributed by atoms with Crippen LogP contribution < -0.4 is 10.0 Å². The summed E-state index contributed by atoms with van der Waals surface area (Å²) in [4.78, 5) is 18.4. The molecule has 0 radical (unpaired) electrons. The lowest BCUT2D eigenvalue weighted by Gasteiger charge is -2.23. The summed E-state index contributed by atoms with van der Waals surface area (Å²) >= 11 is 6.53. The first-order chi connectivity index (χ1) is 27.1. The smallest absolute Gasteiger partial charge is 0.293 e. The molecule has 0 saturated heterocycles. The number of pyridine rings is 1. The average Bonchev–Trinajstić information content (AvgIpc) is 3.65. The Labute approximate surface area is 329 Å². The van der Waals surface area contributed by atoms with E-state index in [0.29, 0.717) is 10.7 Å². The number of alkyl halides is 6. The number of amides is 1. The van der Waals surface area contributed by atoms with Crippen molar-refractivity contribution >= 4 is 44.3 Å². The Hall–Kier alpha value is -5.26. The summed E-state index contributed by atoms with van der Waals surface area (Å²) in [5.41, 5.74) is -4.70. The van der Waals surface area contributed by atoms with Crippen LogP contribution in [0.5, 0.6) is 0 Å². The summed E-state index contributed by atoms with van der Waals surface area (Å²) in [5.74, 6) is -4.50. The van der Waals surface area contributed by atoms with E-state index < -0.39 is 94.2 Å². The molecular formula is C37H30ClF8N7O4S. The lowest BCUT2D eigenvalue weighted by Crippen LogP contribution is -2.35. The number of anilines is 1. The molecule has 2 unspecified atom stereocenters. The average molecular weight is 856 g/mol. The fourth-order valence-electron chi connectivity index (χ4n) is 7.26. The quantitative estimate of drug-likeness (QED) is 0.0986.